The van der Waals surface area contributed by atoms with Crippen LogP contribution in [0, 0.1) is 17.7 Å². The van der Waals surface area contributed by atoms with Gasteiger partial charge in [-0.2, -0.15) is 0 Å². The zero-order valence-electron chi connectivity index (χ0n) is 19.3. The molecule has 5 nitrogen and oxygen atoms in total. The van der Waals surface area contributed by atoms with Gasteiger partial charge in [0.2, 0.25) is 0 Å². The number of benzene rings is 1. The molecule has 0 bridgehead atoms. The largest absolute Gasteiger partial charge is 0.493 e. The Morgan fingerprint density at radius 1 is 1.00 bits per heavy atom. The molecular formula is C27H34FN3O2. The van der Waals surface area contributed by atoms with Gasteiger partial charge in [-0.3, -0.25) is 9.69 Å². The molecule has 0 atom stereocenters. The lowest BCUT2D eigenvalue weighted by Gasteiger charge is -2.37. The lowest BCUT2D eigenvalue weighted by atomic mass is 9.78. The van der Waals surface area contributed by atoms with Gasteiger partial charge in [0, 0.05) is 56.3 Å². The molecule has 3 heterocycles. The van der Waals surface area contributed by atoms with Crippen LogP contribution >= 0.6 is 0 Å². The topological polar surface area (TPSA) is 45.7 Å². The van der Waals surface area contributed by atoms with Crippen LogP contribution in [-0.4, -0.2) is 55.0 Å². The zero-order chi connectivity index (χ0) is 22.6. The van der Waals surface area contributed by atoms with Gasteiger partial charge in [0.15, 0.2) is 5.78 Å². The fraction of sp³-hybridized carbons (Fsp3) is 0.556. The lowest BCUT2D eigenvalue weighted by Crippen LogP contribution is -2.47. The number of pyridine rings is 1. The summed E-state index contributed by atoms with van der Waals surface area (Å²) in [6, 6.07) is 7.95. The van der Waals surface area contributed by atoms with E-state index >= 15 is 0 Å². The summed E-state index contributed by atoms with van der Waals surface area (Å²) < 4.78 is 18.8. The van der Waals surface area contributed by atoms with Gasteiger partial charge >= 0.3 is 0 Å². The molecule has 1 saturated heterocycles. The molecule has 5 rings (SSSR count). The quantitative estimate of drug-likeness (QED) is 0.569. The third-order valence-corrected chi connectivity index (χ3v) is 7.73. The van der Waals surface area contributed by atoms with Crippen molar-refractivity contribution in [1.29, 1.82) is 0 Å². The van der Waals surface area contributed by atoms with E-state index in [0.717, 1.165) is 69.5 Å². The Hall–Kier alpha value is -2.47. The maximum atomic E-state index is 13.1. The first-order valence-corrected chi connectivity index (χ1v) is 12.5. The summed E-state index contributed by atoms with van der Waals surface area (Å²) in [5.74, 6) is 3.25. The van der Waals surface area contributed by atoms with Crippen LogP contribution in [-0.2, 0) is 6.42 Å². The second kappa shape index (κ2) is 10.2. The number of halogens is 1. The molecule has 1 aromatic heterocycles. The second-order valence-corrected chi connectivity index (χ2v) is 9.85. The molecule has 0 spiro atoms. The van der Waals surface area contributed by atoms with Crippen molar-refractivity contribution < 1.29 is 13.9 Å². The standard InChI is InChI=1S/C27H34FN3O2/c28-23-7-5-22(6-8-23)25(32)19-21-3-1-20(2-4-21)10-13-30-14-16-31(17-15-30)27-24-11-18-33-26(24)9-12-29-27/h5-9,12,20-21H,1-4,10-11,13-19H2. The highest BCUT2D eigenvalue weighted by atomic mass is 19.1. The molecular weight excluding hydrogens is 417 g/mol. The van der Waals surface area contributed by atoms with Gasteiger partial charge in [0.25, 0.3) is 0 Å². The number of carbonyl (C=O) groups excluding carboxylic acids is 1. The van der Waals surface area contributed by atoms with Crippen LogP contribution in [0.25, 0.3) is 0 Å². The normalized spacial score (nSPS) is 23.2. The molecule has 2 fully saturated rings. The monoisotopic (exact) mass is 451 g/mol. The average molecular weight is 452 g/mol. The molecule has 1 saturated carbocycles. The molecule has 0 amide bonds. The maximum absolute atomic E-state index is 13.1. The van der Waals surface area contributed by atoms with Gasteiger partial charge in [-0.15, -0.1) is 0 Å². The SMILES string of the molecule is O=C(CC1CCC(CCN2CCN(c3nccc4c3CCO4)CC2)CC1)c1ccc(F)cc1. The van der Waals surface area contributed by atoms with E-state index < -0.39 is 0 Å². The predicted octanol–water partition coefficient (Wildman–Crippen LogP) is 4.75. The molecule has 3 aliphatic rings. The fourth-order valence-corrected chi connectivity index (χ4v) is 5.66. The van der Waals surface area contributed by atoms with Gasteiger partial charge in [-0.25, -0.2) is 9.37 Å². The summed E-state index contributed by atoms with van der Waals surface area (Å²) in [7, 11) is 0. The highest BCUT2D eigenvalue weighted by Gasteiger charge is 2.26. The zero-order valence-corrected chi connectivity index (χ0v) is 19.3. The fourth-order valence-electron chi connectivity index (χ4n) is 5.66. The number of fused-ring (bicyclic) bond motifs is 1. The van der Waals surface area contributed by atoms with Crippen LogP contribution in [0.1, 0.15) is 54.4 Å². The summed E-state index contributed by atoms with van der Waals surface area (Å²) in [6.45, 7) is 6.18. The minimum absolute atomic E-state index is 0.154. The first-order chi connectivity index (χ1) is 16.2. The van der Waals surface area contributed by atoms with Crippen molar-refractivity contribution >= 4 is 11.6 Å². The Balaban J connectivity index is 1.02. The number of rotatable bonds is 7. The van der Waals surface area contributed by atoms with Gasteiger partial charge in [0.05, 0.1) is 6.61 Å². The number of aromatic nitrogens is 1. The summed E-state index contributed by atoms with van der Waals surface area (Å²) in [6.07, 6.45) is 9.42. The van der Waals surface area contributed by atoms with E-state index in [0.29, 0.717) is 17.9 Å². The molecule has 176 valence electrons. The number of hydrogen-bond acceptors (Lipinski definition) is 5. The van der Waals surface area contributed by atoms with Crippen LogP contribution in [0.5, 0.6) is 5.75 Å². The van der Waals surface area contributed by atoms with E-state index in [4.69, 9.17) is 4.74 Å². The summed E-state index contributed by atoms with van der Waals surface area (Å²) >= 11 is 0. The Labute approximate surface area is 195 Å². The van der Waals surface area contributed by atoms with Crippen molar-refractivity contribution in [1.82, 2.24) is 9.88 Å². The van der Waals surface area contributed by atoms with Gasteiger partial charge < -0.3 is 9.64 Å². The van der Waals surface area contributed by atoms with Crippen molar-refractivity contribution in [2.24, 2.45) is 11.8 Å². The van der Waals surface area contributed by atoms with E-state index in [9.17, 15) is 9.18 Å². The molecule has 0 radical (unpaired) electrons. The van der Waals surface area contributed by atoms with Gasteiger partial charge in [-0.05, 0) is 68.0 Å². The van der Waals surface area contributed by atoms with Crippen LogP contribution in [0.4, 0.5) is 10.2 Å². The number of carbonyl (C=O) groups is 1. The molecule has 6 heteroatoms. The second-order valence-electron chi connectivity index (χ2n) is 9.85. The van der Waals surface area contributed by atoms with Gasteiger partial charge in [-0.1, -0.05) is 12.8 Å². The van der Waals surface area contributed by atoms with Crippen LogP contribution < -0.4 is 9.64 Å². The van der Waals surface area contributed by atoms with E-state index in [2.05, 4.69) is 14.8 Å². The van der Waals surface area contributed by atoms with Crippen molar-refractivity contribution in [2.75, 3.05) is 44.2 Å². The summed E-state index contributed by atoms with van der Waals surface area (Å²) in [4.78, 5) is 22.2. The van der Waals surface area contributed by atoms with Crippen LogP contribution in [0.2, 0.25) is 0 Å². The first-order valence-electron chi connectivity index (χ1n) is 12.5. The summed E-state index contributed by atoms with van der Waals surface area (Å²) in [5.41, 5.74) is 1.92. The number of ketones is 1. The van der Waals surface area contributed by atoms with Crippen molar-refractivity contribution in [2.45, 2.75) is 44.9 Å². The number of piperazine rings is 1. The highest BCUT2D eigenvalue weighted by Crippen LogP contribution is 2.34. The average Bonchev–Trinajstić information content (AvgIpc) is 3.34. The third kappa shape index (κ3) is 5.37. The number of ether oxygens (including phenoxy) is 1. The molecule has 1 aromatic carbocycles. The minimum Gasteiger partial charge on any atom is -0.493 e. The van der Waals surface area contributed by atoms with E-state index in [1.807, 2.05) is 12.3 Å². The molecule has 2 aliphatic heterocycles. The highest BCUT2D eigenvalue weighted by molar-refractivity contribution is 5.96. The van der Waals surface area contributed by atoms with E-state index in [1.54, 1.807) is 12.1 Å². The first kappa shape index (κ1) is 22.3. The predicted molar refractivity (Wildman–Crippen MR) is 128 cm³/mol. The minimum atomic E-state index is -0.289. The van der Waals surface area contributed by atoms with Crippen molar-refractivity contribution in [3.05, 3.63) is 53.5 Å². The number of nitrogens with zero attached hydrogens (tertiary/aromatic N) is 3. The molecule has 1 aliphatic carbocycles. The Morgan fingerprint density at radius 3 is 2.48 bits per heavy atom. The van der Waals surface area contributed by atoms with Gasteiger partial charge in [0.1, 0.15) is 17.4 Å². The van der Waals surface area contributed by atoms with E-state index in [1.165, 1.54) is 43.5 Å². The van der Waals surface area contributed by atoms with E-state index in [-0.39, 0.29) is 11.6 Å². The number of Topliss-reactive ketones (excluding diaryl/α,β-unsaturated/α-hetero) is 1. The Morgan fingerprint density at radius 2 is 1.73 bits per heavy atom. The number of anilines is 1. The smallest absolute Gasteiger partial charge is 0.163 e. The van der Waals surface area contributed by atoms with Crippen molar-refractivity contribution in [3.63, 3.8) is 0 Å². The Kier molecular flexibility index (Phi) is 6.91. The lowest BCUT2D eigenvalue weighted by molar-refractivity contribution is 0.0940. The molecule has 2 aromatic rings. The number of hydrogen-bond donors (Lipinski definition) is 0. The van der Waals surface area contributed by atoms with Crippen molar-refractivity contribution in [3.8, 4) is 5.75 Å². The van der Waals surface area contributed by atoms with Crippen LogP contribution in [0.15, 0.2) is 36.5 Å². The third-order valence-electron chi connectivity index (χ3n) is 7.73. The molecule has 0 N–H and O–H groups in total. The molecule has 33 heavy (non-hydrogen) atoms. The Bertz CT molecular complexity index is 948. The summed E-state index contributed by atoms with van der Waals surface area (Å²) in [5, 5.41) is 0. The molecule has 0 unspecified atom stereocenters. The van der Waals surface area contributed by atoms with Crippen LogP contribution in [0.3, 0.4) is 0 Å². The maximum Gasteiger partial charge on any atom is 0.163 e.